The third-order valence-corrected chi connectivity index (χ3v) is 7.26. The molecular weight excluding hydrogens is 450 g/mol. The zero-order valence-corrected chi connectivity index (χ0v) is 20.4. The first-order valence-corrected chi connectivity index (χ1v) is 11.5. The van der Waals surface area contributed by atoms with Gasteiger partial charge >= 0.3 is 0 Å². The molecule has 1 amide bonds. The number of rotatable bonds is 7. The topological polar surface area (TPSA) is 84.7 Å². The molecule has 3 aromatic rings. The van der Waals surface area contributed by atoms with Crippen LogP contribution in [-0.2, 0) is 35.5 Å². The molecule has 2 aromatic carbocycles. The number of amides is 1. The molecule has 5 rings (SSSR count). The number of aliphatic hydroxyl groups excluding tert-OH is 1. The molecule has 1 aromatic heterocycles. The van der Waals surface area contributed by atoms with Crippen molar-refractivity contribution >= 4 is 36.2 Å². The Morgan fingerprint density at radius 1 is 1.18 bits per heavy atom. The van der Waals surface area contributed by atoms with Crippen LogP contribution < -0.4 is 0 Å². The van der Waals surface area contributed by atoms with Gasteiger partial charge in [0.2, 0.25) is 5.91 Å². The lowest BCUT2D eigenvalue weighted by Crippen LogP contribution is -2.39. The second-order valence-corrected chi connectivity index (χ2v) is 9.16. The zero-order valence-electron chi connectivity index (χ0n) is 19.4. The van der Waals surface area contributed by atoms with Gasteiger partial charge in [0, 0.05) is 25.8 Å². The summed E-state index contributed by atoms with van der Waals surface area (Å²) in [6, 6.07) is 13.7. The highest BCUT2D eigenvalue weighted by molar-refractivity contribution is 7.59. The van der Waals surface area contributed by atoms with Crippen molar-refractivity contribution in [2.24, 2.45) is 5.41 Å². The summed E-state index contributed by atoms with van der Waals surface area (Å²) >= 11 is 0. The molecule has 1 atom stereocenters. The fraction of sp³-hybridized carbons (Fsp3) is 0.423. The number of likely N-dealkylation sites (tertiary alicyclic amines) is 1. The number of ether oxygens (including phenoxy) is 1. The summed E-state index contributed by atoms with van der Waals surface area (Å²) in [6.07, 6.45) is 3.10. The van der Waals surface area contributed by atoms with E-state index in [1.165, 1.54) is 5.56 Å². The number of carbonyl (C=O) groups is 2. The highest BCUT2D eigenvalue weighted by Crippen LogP contribution is 2.44. The molecule has 0 bridgehead atoms. The molecule has 0 saturated carbocycles. The number of carbonyl (C=O) groups excluding carboxylic acids is 2. The lowest BCUT2D eigenvalue weighted by Gasteiger charge is -2.33. The maximum Gasteiger partial charge on any atom is 0.229 e. The van der Waals surface area contributed by atoms with Gasteiger partial charge in [0.05, 0.1) is 29.6 Å². The number of aryl methyl sites for hydroxylation is 1. The van der Waals surface area contributed by atoms with Gasteiger partial charge in [-0.3, -0.25) is 9.59 Å². The van der Waals surface area contributed by atoms with E-state index in [0.717, 1.165) is 41.7 Å². The molecule has 1 aliphatic heterocycles. The van der Waals surface area contributed by atoms with Crippen molar-refractivity contribution < 1.29 is 19.4 Å². The van der Waals surface area contributed by atoms with Crippen molar-refractivity contribution in [1.82, 2.24) is 14.5 Å². The maximum atomic E-state index is 13.7. The highest BCUT2D eigenvalue weighted by atomic mass is 32.1. The third kappa shape index (κ3) is 4.26. The molecule has 8 heteroatoms. The number of Topliss-reactive ketones (excluding diaryl/α,β-unsaturated/α-hetero) is 1. The molecule has 180 valence electrons. The number of aromatic nitrogens is 2. The van der Waals surface area contributed by atoms with E-state index in [-0.39, 0.29) is 25.2 Å². The Labute approximate surface area is 206 Å². The van der Waals surface area contributed by atoms with Gasteiger partial charge in [-0.2, -0.15) is 13.5 Å². The number of imidazole rings is 1. The van der Waals surface area contributed by atoms with E-state index in [1.807, 2.05) is 35.2 Å². The summed E-state index contributed by atoms with van der Waals surface area (Å²) in [5, 5.41) is 9.22. The SMILES string of the molecule is COCCn1c(CN2CC[C@@]3(CCc4ccc(C(=O)CO)cc4C3)C2=O)nc2ccccc21.S. The Morgan fingerprint density at radius 2 is 2.00 bits per heavy atom. The Hall–Kier alpha value is -2.68. The van der Waals surface area contributed by atoms with Gasteiger partial charge in [0.1, 0.15) is 12.4 Å². The van der Waals surface area contributed by atoms with E-state index in [1.54, 1.807) is 13.2 Å². The minimum Gasteiger partial charge on any atom is -0.388 e. The van der Waals surface area contributed by atoms with Crippen LogP contribution in [-0.4, -0.2) is 58.1 Å². The van der Waals surface area contributed by atoms with E-state index in [2.05, 4.69) is 10.6 Å². The smallest absolute Gasteiger partial charge is 0.229 e. The third-order valence-electron chi connectivity index (χ3n) is 7.26. The number of ketones is 1. The Morgan fingerprint density at radius 3 is 2.79 bits per heavy atom. The zero-order chi connectivity index (χ0) is 23.0. The van der Waals surface area contributed by atoms with Crippen LogP contribution >= 0.6 is 13.5 Å². The molecule has 1 spiro atoms. The number of para-hydroxylation sites is 2. The highest BCUT2D eigenvalue weighted by Gasteiger charge is 2.48. The molecule has 1 fully saturated rings. The molecule has 0 unspecified atom stereocenters. The molecule has 2 heterocycles. The van der Waals surface area contributed by atoms with Crippen LogP contribution in [0.4, 0.5) is 0 Å². The molecular formula is C26H31N3O4S. The maximum absolute atomic E-state index is 13.7. The monoisotopic (exact) mass is 481 g/mol. The number of hydrogen-bond donors (Lipinski definition) is 1. The van der Waals surface area contributed by atoms with Crippen LogP contribution in [0.1, 0.15) is 40.2 Å². The van der Waals surface area contributed by atoms with Gasteiger partial charge < -0.3 is 19.3 Å². The van der Waals surface area contributed by atoms with Crippen molar-refractivity contribution in [2.75, 3.05) is 26.9 Å². The lowest BCUT2D eigenvalue weighted by atomic mass is 9.70. The number of aliphatic hydroxyl groups is 1. The molecule has 2 aliphatic rings. The summed E-state index contributed by atoms with van der Waals surface area (Å²) < 4.78 is 7.45. The van der Waals surface area contributed by atoms with Crippen molar-refractivity contribution in [3.63, 3.8) is 0 Å². The molecule has 1 saturated heterocycles. The first kappa shape index (κ1) is 24.4. The van der Waals surface area contributed by atoms with Gasteiger partial charge in [0.15, 0.2) is 5.78 Å². The summed E-state index contributed by atoms with van der Waals surface area (Å²) in [5.74, 6) is 0.773. The van der Waals surface area contributed by atoms with Crippen LogP contribution in [0.25, 0.3) is 11.0 Å². The number of nitrogens with zero attached hydrogens (tertiary/aromatic N) is 3. The Balaban J connectivity index is 0.00000274. The van der Waals surface area contributed by atoms with E-state index in [4.69, 9.17) is 9.72 Å². The molecule has 1 N–H and O–H groups in total. The lowest BCUT2D eigenvalue weighted by molar-refractivity contribution is -0.137. The van der Waals surface area contributed by atoms with Gasteiger partial charge in [-0.15, -0.1) is 0 Å². The fourth-order valence-electron chi connectivity index (χ4n) is 5.41. The molecule has 1 aliphatic carbocycles. The van der Waals surface area contributed by atoms with Gasteiger partial charge in [-0.05, 0) is 55.0 Å². The summed E-state index contributed by atoms with van der Waals surface area (Å²) in [6.45, 7) is 1.96. The molecule has 7 nitrogen and oxygen atoms in total. The van der Waals surface area contributed by atoms with Crippen molar-refractivity contribution in [1.29, 1.82) is 0 Å². The van der Waals surface area contributed by atoms with Crippen LogP contribution in [0, 0.1) is 5.41 Å². The second-order valence-electron chi connectivity index (χ2n) is 9.16. The Kier molecular flexibility index (Phi) is 7.12. The van der Waals surface area contributed by atoms with E-state index >= 15 is 0 Å². The Bertz CT molecular complexity index is 1220. The normalized spacial score (nSPS) is 19.5. The predicted molar refractivity (Wildman–Crippen MR) is 134 cm³/mol. The number of fused-ring (bicyclic) bond motifs is 2. The summed E-state index contributed by atoms with van der Waals surface area (Å²) in [5.41, 5.74) is 4.33. The minimum absolute atomic E-state index is 0. The minimum atomic E-state index is -0.499. The van der Waals surface area contributed by atoms with Crippen LogP contribution in [0.2, 0.25) is 0 Å². The van der Waals surface area contributed by atoms with Crippen LogP contribution in [0.3, 0.4) is 0 Å². The number of methoxy groups -OCH3 is 1. The second kappa shape index (κ2) is 9.90. The standard InChI is InChI=1S/C26H29N3O4.H2S/c1-33-13-12-29-22-5-3-2-4-21(22)27-24(29)16-28-11-10-26(25(28)32)9-8-18-6-7-19(23(31)17-30)14-20(18)15-26;/h2-7,14,30H,8-13,15-17H2,1H3;1H2/t26-;/m1./s1. The van der Waals surface area contributed by atoms with E-state index in [0.29, 0.717) is 38.2 Å². The van der Waals surface area contributed by atoms with Crippen LogP contribution in [0.5, 0.6) is 0 Å². The average Bonchev–Trinajstić information content (AvgIpc) is 3.34. The van der Waals surface area contributed by atoms with Gasteiger partial charge in [-0.25, -0.2) is 4.98 Å². The predicted octanol–water partition coefficient (Wildman–Crippen LogP) is 2.88. The first-order chi connectivity index (χ1) is 16.0. The molecule has 34 heavy (non-hydrogen) atoms. The molecule has 0 radical (unpaired) electrons. The van der Waals surface area contributed by atoms with Gasteiger partial charge in [-0.1, -0.05) is 24.3 Å². The van der Waals surface area contributed by atoms with Crippen molar-refractivity contribution in [2.45, 2.75) is 38.8 Å². The van der Waals surface area contributed by atoms with Crippen molar-refractivity contribution in [3.05, 3.63) is 65.0 Å². The number of hydrogen-bond acceptors (Lipinski definition) is 5. The first-order valence-electron chi connectivity index (χ1n) is 11.5. The summed E-state index contributed by atoms with van der Waals surface area (Å²) in [7, 11) is 1.69. The van der Waals surface area contributed by atoms with E-state index in [9.17, 15) is 14.7 Å². The quantitative estimate of drug-likeness (QED) is 0.525. The van der Waals surface area contributed by atoms with Crippen molar-refractivity contribution in [3.8, 4) is 0 Å². The largest absolute Gasteiger partial charge is 0.388 e. The summed E-state index contributed by atoms with van der Waals surface area (Å²) in [4.78, 5) is 32.4. The number of benzene rings is 2. The average molecular weight is 482 g/mol. The fourth-order valence-corrected chi connectivity index (χ4v) is 5.41. The van der Waals surface area contributed by atoms with Gasteiger partial charge in [0.25, 0.3) is 0 Å². The van der Waals surface area contributed by atoms with Crippen LogP contribution in [0.15, 0.2) is 42.5 Å². The van der Waals surface area contributed by atoms with E-state index < -0.39 is 12.0 Å².